The van der Waals surface area contributed by atoms with E-state index in [4.69, 9.17) is 5.73 Å². The number of carbonyl (C=O) groups is 2. The van der Waals surface area contributed by atoms with Crippen LogP contribution >= 0.6 is 11.3 Å². The van der Waals surface area contributed by atoms with Crippen molar-refractivity contribution in [3.05, 3.63) is 95.8 Å². The molecule has 0 unspecified atom stereocenters. The Hall–Kier alpha value is -5.14. The van der Waals surface area contributed by atoms with Crippen molar-refractivity contribution in [2.45, 2.75) is 18.9 Å². The topological polar surface area (TPSA) is 132 Å². The zero-order valence-corrected chi connectivity index (χ0v) is 23.9. The lowest BCUT2D eigenvalue weighted by Gasteiger charge is -2.34. The molecule has 2 aromatic carbocycles. The number of pyridine rings is 2. The Bertz CT molecular complexity index is 2070. The fraction of sp³-hybridized carbons (Fsp3) is 0.161. The smallest absolute Gasteiger partial charge is 0.262 e. The molecule has 44 heavy (non-hydrogen) atoms. The van der Waals surface area contributed by atoms with Gasteiger partial charge in [0.2, 0.25) is 0 Å². The van der Waals surface area contributed by atoms with Crippen molar-refractivity contribution in [1.82, 2.24) is 30.3 Å². The van der Waals surface area contributed by atoms with E-state index in [1.807, 2.05) is 12.1 Å². The molecule has 10 nitrogen and oxygen atoms in total. The summed E-state index contributed by atoms with van der Waals surface area (Å²) >= 11 is 1.39. The first-order chi connectivity index (χ1) is 21.4. The molecule has 0 saturated carbocycles. The second-order valence-electron chi connectivity index (χ2n) is 10.4. The summed E-state index contributed by atoms with van der Waals surface area (Å²) in [6, 6.07) is 15.4. The van der Waals surface area contributed by atoms with Crippen molar-refractivity contribution in [3.63, 3.8) is 0 Å². The second kappa shape index (κ2) is 11.2. The number of primary amides is 1. The zero-order chi connectivity index (χ0) is 30.4. The van der Waals surface area contributed by atoms with Gasteiger partial charge in [-0.25, -0.2) is 18.7 Å². The van der Waals surface area contributed by atoms with Gasteiger partial charge in [0, 0.05) is 40.0 Å². The quantitative estimate of drug-likeness (QED) is 0.275. The number of halogens is 2. The number of nitrogens with one attached hydrogen (secondary N) is 1. The lowest BCUT2D eigenvalue weighted by Crippen LogP contribution is -2.49. The van der Waals surface area contributed by atoms with Crippen LogP contribution in [0.4, 0.5) is 14.6 Å². The highest BCUT2D eigenvalue weighted by molar-refractivity contribution is 7.22. The number of rotatable bonds is 6. The van der Waals surface area contributed by atoms with E-state index in [9.17, 15) is 14.0 Å². The van der Waals surface area contributed by atoms with E-state index in [1.165, 1.54) is 40.3 Å². The summed E-state index contributed by atoms with van der Waals surface area (Å²) in [6.07, 6.45) is 4.73. The molecule has 5 heterocycles. The van der Waals surface area contributed by atoms with Gasteiger partial charge in [-0.2, -0.15) is 4.68 Å². The Morgan fingerprint density at radius 3 is 2.61 bits per heavy atom. The summed E-state index contributed by atoms with van der Waals surface area (Å²) in [5, 5.41) is 12.2. The first-order valence-electron chi connectivity index (χ1n) is 13.9. The fourth-order valence-electron chi connectivity index (χ4n) is 5.52. The Morgan fingerprint density at radius 2 is 1.84 bits per heavy atom. The second-order valence-corrected chi connectivity index (χ2v) is 11.5. The zero-order valence-electron chi connectivity index (χ0n) is 23.1. The van der Waals surface area contributed by atoms with Gasteiger partial charge in [-0.15, -0.1) is 16.4 Å². The number of piperidine rings is 1. The number of aromatic nitrogens is 5. The largest absolute Gasteiger partial charge is 0.366 e. The summed E-state index contributed by atoms with van der Waals surface area (Å²) in [6.45, 7) is 1.32. The van der Waals surface area contributed by atoms with Gasteiger partial charge < -0.3 is 11.1 Å². The molecule has 1 aliphatic rings. The van der Waals surface area contributed by atoms with E-state index in [1.54, 1.807) is 41.6 Å². The monoisotopic (exact) mass is 610 g/mol. The molecule has 13 heteroatoms. The number of benzene rings is 2. The Labute approximate surface area is 253 Å². The molecule has 220 valence electrons. The summed E-state index contributed by atoms with van der Waals surface area (Å²) in [5.74, 6) is -2.44. The van der Waals surface area contributed by atoms with E-state index in [2.05, 4.69) is 25.6 Å². The van der Waals surface area contributed by atoms with Crippen LogP contribution in [0.25, 0.3) is 37.4 Å². The number of hydrogen-bond acceptors (Lipinski definition) is 8. The molecular formula is C31H24F2N8O2S. The minimum absolute atomic E-state index is 0.116. The first-order valence-corrected chi connectivity index (χ1v) is 14.7. The molecule has 1 atom stereocenters. The summed E-state index contributed by atoms with van der Waals surface area (Å²) < 4.78 is 32.6. The first kappa shape index (κ1) is 27.7. The van der Waals surface area contributed by atoms with Crippen molar-refractivity contribution >= 4 is 50.2 Å². The van der Waals surface area contributed by atoms with Gasteiger partial charge in [0.25, 0.3) is 11.8 Å². The molecule has 7 rings (SSSR count). The molecule has 6 aromatic rings. The summed E-state index contributed by atoms with van der Waals surface area (Å²) in [4.78, 5) is 36.9. The molecule has 2 amide bonds. The average molecular weight is 611 g/mol. The lowest BCUT2D eigenvalue weighted by molar-refractivity contribution is 0.0965. The van der Waals surface area contributed by atoms with Crippen LogP contribution in [0, 0.1) is 11.6 Å². The minimum Gasteiger partial charge on any atom is -0.366 e. The molecule has 0 radical (unpaired) electrons. The highest BCUT2D eigenvalue weighted by Gasteiger charge is 2.32. The van der Waals surface area contributed by atoms with Crippen LogP contribution in [0.1, 0.15) is 33.6 Å². The molecule has 1 saturated heterocycles. The Balaban J connectivity index is 1.29. The Morgan fingerprint density at radius 1 is 1.00 bits per heavy atom. The van der Waals surface area contributed by atoms with E-state index in [0.717, 1.165) is 17.7 Å². The van der Waals surface area contributed by atoms with E-state index >= 15 is 4.39 Å². The number of nitrogens with zero attached hydrogens (tertiary/aromatic N) is 6. The maximum absolute atomic E-state index is 15.8. The summed E-state index contributed by atoms with van der Waals surface area (Å²) in [7, 11) is 0. The molecule has 0 aliphatic carbocycles. The van der Waals surface area contributed by atoms with Gasteiger partial charge in [0.05, 0.1) is 22.9 Å². The van der Waals surface area contributed by atoms with Gasteiger partial charge in [-0.3, -0.25) is 14.5 Å². The van der Waals surface area contributed by atoms with Gasteiger partial charge in [0.15, 0.2) is 5.65 Å². The van der Waals surface area contributed by atoms with Crippen molar-refractivity contribution in [1.29, 1.82) is 0 Å². The molecule has 1 fully saturated rings. The third kappa shape index (κ3) is 4.85. The number of carbonyl (C=O) groups excluding carboxylic acids is 2. The molecule has 4 aromatic heterocycles. The molecule has 1 aliphatic heterocycles. The van der Waals surface area contributed by atoms with Gasteiger partial charge in [0.1, 0.15) is 23.0 Å². The predicted molar refractivity (Wildman–Crippen MR) is 163 cm³/mol. The number of hydrogen-bond donors (Lipinski definition) is 2. The van der Waals surface area contributed by atoms with Crippen LogP contribution in [0.5, 0.6) is 0 Å². The maximum atomic E-state index is 15.8. The standard InChI is InChI=1S/C31H24F2N8O2S/c32-23-13-17(5-7-20(23)28(34)42)27-15-22-26(44-27)9-12-37-29(22)40(19-3-1-10-35-16-19)31(43)21-8-6-18(14-24(21)33)41-30-25(38-39-41)4-2-11-36-30/h2,4-9,11-15,19,35H,1,3,10,16H2,(H2,34,42)/t19-/m1/s1. The minimum atomic E-state index is -0.848. The molecule has 3 N–H and O–H groups in total. The predicted octanol–water partition coefficient (Wildman–Crippen LogP) is 4.87. The van der Waals surface area contributed by atoms with E-state index in [-0.39, 0.29) is 17.2 Å². The van der Waals surface area contributed by atoms with Gasteiger partial charge in [-0.1, -0.05) is 11.3 Å². The number of fused-ring (bicyclic) bond motifs is 2. The normalized spacial score (nSPS) is 15.1. The van der Waals surface area contributed by atoms with Crippen molar-refractivity contribution in [2.24, 2.45) is 5.73 Å². The van der Waals surface area contributed by atoms with Crippen LogP contribution in [-0.4, -0.2) is 55.9 Å². The lowest BCUT2D eigenvalue weighted by atomic mass is 10.0. The number of anilines is 1. The van der Waals surface area contributed by atoms with Crippen LogP contribution in [0.2, 0.25) is 0 Å². The maximum Gasteiger partial charge on any atom is 0.262 e. The van der Waals surface area contributed by atoms with Crippen LogP contribution in [0.15, 0.2) is 73.1 Å². The van der Waals surface area contributed by atoms with Gasteiger partial charge >= 0.3 is 0 Å². The SMILES string of the molecule is NC(=O)c1ccc(-c2cc3c(N(C(=O)c4ccc(-n5nnc6cccnc65)cc4F)[C@@H]4CCCNC4)nccc3s2)cc1F. The highest BCUT2D eigenvalue weighted by Crippen LogP contribution is 2.39. The third-order valence-corrected chi connectivity index (χ3v) is 8.81. The van der Waals surface area contributed by atoms with Crippen LogP contribution in [0.3, 0.4) is 0 Å². The summed E-state index contributed by atoms with van der Waals surface area (Å²) in [5.41, 5.74) is 6.91. The van der Waals surface area contributed by atoms with E-state index in [0.29, 0.717) is 51.5 Å². The number of amides is 2. The Kier molecular flexibility index (Phi) is 7.03. The molecule has 0 spiro atoms. The third-order valence-electron chi connectivity index (χ3n) is 7.66. The van der Waals surface area contributed by atoms with Crippen molar-refractivity contribution < 1.29 is 18.4 Å². The average Bonchev–Trinajstić information content (AvgIpc) is 3.67. The van der Waals surface area contributed by atoms with Crippen molar-refractivity contribution in [3.8, 4) is 16.1 Å². The van der Waals surface area contributed by atoms with Crippen LogP contribution < -0.4 is 16.0 Å². The number of thiophene rings is 1. The number of nitrogens with two attached hydrogens (primary N) is 1. The molecular weight excluding hydrogens is 586 g/mol. The fourth-order valence-corrected chi connectivity index (χ4v) is 6.57. The van der Waals surface area contributed by atoms with Gasteiger partial charge in [-0.05, 0) is 73.5 Å². The van der Waals surface area contributed by atoms with E-state index < -0.39 is 23.4 Å². The van der Waals surface area contributed by atoms with Crippen LogP contribution in [-0.2, 0) is 0 Å². The molecule has 0 bridgehead atoms. The highest BCUT2D eigenvalue weighted by atomic mass is 32.1. The van der Waals surface area contributed by atoms with Crippen molar-refractivity contribution in [2.75, 3.05) is 18.0 Å².